The van der Waals surface area contributed by atoms with E-state index in [0.717, 1.165) is 18.6 Å². The third-order valence-corrected chi connectivity index (χ3v) is 3.74. The van der Waals surface area contributed by atoms with Gasteiger partial charge in [0, 0.05) is 6.54 Å². The summed E-state index contributed by atoms with van der Waals surface area (Å²) < 4.78 is 0. The summed E-state index contributed by atoms with van der Waals surface area (Å²) in [5, 5.41) is 0.143. The molecule has 80 valence electrons. The van der Waals surface area contributed by atoms with E-state index in [-0.39, 0.29) is 11.2 Å². The normalized spacial score (nSPS) is 20.8. The lowest BCUT2D eigenvalue weighted by Gasteiger charge is -2.23. The Morgan fingerprint density at radius 1 is 1.71 bits per heavy atom. The number of hydrogen-bond donors (Lipinski definition) is 1. The maximum Gasteiger partial charge on any atom is 0.236 e. The Bertz CT molecular complexity index is 227. The van der Waals surface area contributed by atoms with E-state index in [1.165, 1.54) is 0 Å². The summed E-state index contributed by atoms with van der Waals surface area (Å²) in [7, 11) is 0. The zero-order chi connectivity index (χ0) is 10.6. The molecule has 2 N–H and O–H groups in total. The molecule has 0 radical (unpaired) electrons. The van der Waals surface area contributed by atoms with Crippen molar-refractivity contribution in [2.24, 2.45) is 5.73 Å². The molecule has 1 aliphatic heterocycles. The summed E-state index contributed by atoms with van der Waals surface area (Å²) in [5.41, 5.74) is 5.44. The van der Waals surface area contributed by atoms with E-state index in [0.29, 0.717) is 18.1 Å². The van der Waals surface area contributed by atoms with Crippen molar-refractivity contribution in [3.8, 4) is 0 Å². The maximum absolute atomic E-state index is 11.9. The van der Waals surface area contributed by atoms with E-state index in [4.69, 9.17) is 18.0 Å². The summed E-state index contributed by atoms with van der Waals surface area (Å²) in [4.78, 5) is 14.0. The lowest BCUT2D eigenvalue weighted by molar-refractivity contribution is -0.129. The Hall–Kier alpha value is -0.290. The molecule has 0 spiro atoms. The van der Waals surface area contributed by atoms with E-state index in [1.807, 2.05) is 6.92 Å². The van der Waals surface area contributed by atoms with Gasteiger partial charge in [0.2, 0.25) is 5.91 Å². The van der Waals surface area contributed by atoms with Crippen LogP contribution in [0.15, 0.2) is 0 Å². The van der Waals surface area contributed by atoms with E-state index in [1.54, 1.807) is 16.7 Å². The molecule has 5 heteroatoms. The second kappa shape index (κ2) is 5.56. The molecule has 1 unspecified atom stereocenters. The van der Waals surface area contributed by atoms with E-state index >= 15 is 0 Å². The van der Waals surface area contributed by atoms with Crippen molar-refractivity contribution in [1.82, 2.24) is 4.90 Å². The van der Waals surface area contributed by atoms with Crippen LogP contribution in [0.5, 0.6) is 0 Å². The van der Waals surface area contributed by atoms with Crippen molar-refractivity contribution >= 4 is 34.9 Å². The molecular weight excluding hydrogens is 216 g/mol. The molecule has 0 aromatic rings. The number of nitrogens with two attached hydrogens (primary N) is 1. The van der Waals surface area contributed by atoms with Gasteiger partial charge < -0.3 is 10.6 Å². The Kier molecular flexibility index (Phi) is 4.68. The first kappa shape index (κ1) is 11.8. The Morgan fingerprint density at radius 2 is 2.43 bits per heavy atom. The van der Waals surface area contributed by atoms with Gasteiger partial charge in [-0.15, -0.1) is 11.8 Å². The van der Waals surface area contributed by atoms with Crippen molar-refractivity contribution in [1.29, 1.82) is 0 Å². The molecule has 1 aliphatic rings. The average molecular weight is 232 g/mol. The predicted octanol–water partition coefficient (Wildman–Crippen LogP) is 1.02. The highest BCUT2D eigenvalue weighted by Crippen LogP contribution is 2.27. The number of nitrogens with zero attached hydrogens (tertiary/aromatic N) is 1. The fraction of sp³-hybridized carbons (Fsp3) is 0.778. The summed E-state index contributed by atoms with van der Waals surface area (Å²) in [6, 6.07) is 0. The standard InChI is InChI=1S/C9H16N2OS2/c1-2-11(6-8(10)13)9(12)7-4-3-5-14-7/h7H,2-6H2,1H3,(H2,10,13). The van der Waals surface area contributed by atoms with Crippen LogP contribution in [0, 0.1) is 0 Å². The molecule has 1 heterocycles. The number of amides is 1. The largest absolute Gasteiger partial charge is 0.392 e. The molecular formula is C9H16N2OS2. The SMILES string of the molecule is CCN(CC(N)=S)C(=O)C1CCCS1. The smallest absolute Gasteiger partial charge is 0.236 e. The second-order valence-electron chi connectivity index (χ2n) is 3.32. The van der Waals surface area contributed by atoms with Gasteiger partial charge in [-0.2, -0.15) is 0 Å². The number of carbonyl (C=O) groups excluding carboxylic acids is 1. The Balaban J connectivity index is 2.50. The van der Waals surface area contributed by atoms with Gasteiger partial charge in [-0.05, 0) is 25.5 Å². The van der Waals surface area contributed by atoms with Gasteiger partial charge in [-0.3, -0.25) is 4.79 Å². The number of hydrogen-bond acceptors (Lipinski definition) is 3. The zero-order valence-electron chi connectivity index (χ0n) is 8.36. The van der Waals surface area contributed by atoms with Gasteiger partial charge in [-0.25, -0.2) is 0 Å². The summed E-state index contributed by atoms with van der Waals surface area (Å²) in [6.07, 6.45) is 2.14. The van der Waals surface area contributed by atoms with Gasteiger partial charge in [0.05, 0.1) is 16.8 Å². The highest BCUT2D eigenvalue weighted by atomic mass is 32.2. The predicted molar refractivity (Wildman–Crippen MR) is 64.5 cm³/mol. The summed E-state index contributed by atoms with van der Waals surface area (Å²) in [6.45, 7) is 3.06. The number of likely N-dealkylation sites (N-methyl/N-ethyl adjacent to an activating group) is 1. The average Bonchev–Trinajstić information content (AvgIpc) is 2.65. The molecule has 0 aliphatic carbocycles. The third kappa shape index (κ3) is 3.13. The molecule has 1 saturated heterocycles. The number of thiocarbonyl (C=S) groups is 1. The topological polar surface area (TPSA) is 46.3 Å². The van der Waals surface area contributed by atoms with Crippen LogP contribution in [-0.4, -0.2) is 39.9 Å². The lowest BCUT2D eigenvalue weighted by atomic mass is 10.2. The van der Waals surface area contributed by atoms with Crippen LogP contribution in [-0.2, 0) is 4.79 Å². The zero-order valence-corrected chi connectivity index (χ0v) is 10.00. The van der Waals surface area contributed by atoms with Gasteiger partial charge in [-0.1, -0.05) is 12.2 Å². The fourth-order valence-corrected chi connectivity index (χ4v) is 2.91. The highest BCUT2D eigenvalue weighted by Gasteiger charge is 2.27. The molecule has 0 bridgehead atoms. The van der Waals surface area contributed by atoms with E-state index < -0.39 is 0 Å². The molecule has 1 rings (SSSR count). The van der Waals surface area contributed by atoms with Crippen LogP contribution in [0.3, 0.4) is 0 Å². The van der Waals surface area contributed by atoms with Crippen LogP contribution in [0.4, 0.5) is 0 Å². The molecule has 14 heavy (non-hydrogen) atoms. The Labute approximate surface area is 94.4 Å². The van der Waals surface area contributed by atoms with Crippen LogP contribution in [0.1, 0.15) is 19.8 Å². The first-order chi connectivity index (χ1) is 6.65. The van der Waals surface area contributed by atoms with Crippen LogP contribution < -0.4 is 5.73 Å². The van der Waals surface area contributed by atoms with Gasteiger partial charge in [0.15, 0.2) is 0 Å². The summed E-state index contributed by atoms with van der Waals surface area (Å²) >= 11 is 6.56. The molecule has 0 aromatic carbocycles. The van der Waals surface area contributed by atoms with Crippen molar-refractivity contribution in [2.75, 3.05) is 18.8 Å². The number of rotatable bonds is 4. The second-order valence-corrected chi connectivity index (χ2v) is 5.16. The first-order valence-electron chi connectivity index (χ1n) is 4.83. The Morgan fingerprint density at radius 3 is 2.86 bits per heavy atom. The van der Waals surface area contributed by atoms with Gasteiger partial charge in [0.1, 0.15) is 0 Å². The van der Waals surface area contributed by atoms with Crippen LogP contribution in [0.25, 0.3) is 0 Å². The molecule has 3 nitrogen and oxygen atoms in total. The first-order valence-corrected chi connectivity index (χ1v) is 6.29. The van der Waals surface area contributed by atoms with Crippen LogP contribution in [0.2, 0.25) is 0 Å². The van der Waals surface area contributed by atoms with E-state index in [2.05, 4.69) is 0 Å². The molecule has 1 atom stereocenters. The van der Waals surface area contributed by atoms with Gasteiger partial charge >= 0.3 is 0 Å². The molecule has 1 fully saturated rings. The minimum Gasteiger partial charge on any atom is -0.392 e. The highest BCUT2D eigenvalue weighted by molar-refractivity contribution is 8.00. The number of carbonyl (C=O) groups is 1. The minimum atomic E-state index is 0.143. The third-order valence-electron chi connectivity index (χ3n) is 2.25. The van der Waals surface area contributed by atoms with Crippen molar-refractivity contribution in [3.63, 3.8) is 0 Å². The van der Waals surface area contributed by atoms with Crippen LogP contribution >= 0.6 is 24.0 Å². The fourth-order valence-electron chi connectivity index (χ4n) is 1.51. The monoisotopic (exact) mass is 232 g/mol. The summed E-state index contributed by atoms with van der Waals surface area (Å²) in [5.74, 6) is 1.30. The molecule has 0 saturated carbocycles. The van der Waals surface area contributed by atoms with E-state index in [9.17, 15) is 4.79 Å². The van der Waals surface area contributed by atoms with Crippen molar-refractivity contribution < 1.29 is 4.79 Å². The maximum atomic E-state index is 11.9. The number of thioether (sulfide) groups is 1. The molecule has 0 aromatic heterocycles. The van der Waals surface area contributed by atoms with Crippen molar-refractivity contribution in [2.45, 2.75) is 25.0 Å². The molecule has 1 amide bonds. The quantitative estimate of drug-likeness (QED) is 0.735. The lowest BCUT2D eigenvalue weighted by Crippen LogP contribution is -2.41. The van der Waals surface area contributed by atoms with Crippen molar-refractivity contribution in [3.05, 3.63) is 0 Å². The van der Waals surface area contributed by atoms with Gasteiger partial charge in [0.25, 0.3) is 0 Å². The minimum absolute atomic E-state index is 0.143.